The van der Waals surface area contributed by atoms with Crippen molar-refractivity contribution in [2.75, 3.05) is 17.7 Å². The molecular formula is C32H22F6N2OS. The second-order valence-corrected chi connectivity index (χ2v) is 9.80. The van der Waals surface area contributed by atoms with Gasteiger partial charge in [-0.25, -0.2) is 0 Å². The third-order valence-corrected chi connectivity index (χ3v) is 6.81. The molecular weight excluding hydrogens is 574 g/mol. The van der Waals surface area contributed by atoms with Crippen molar-refractivity contribution in [3.05, 3.63) is 114 Å². The van der Waals surface area contributed by atoms with E-state index in [4.69, 9.17) is 17.0 Å². The molecule has 0 aliphatic heterocycles. The molecule has 0 heterocycles. The molecule has 0 aliphatic rings. The Morgan fingerprint density at radius 1 is 0.619 bits per heavy atom. The number of halogens is 6. The molecule has 2 N–H and O–H groups in total. The van der Waals surface area contributed by atoms with Gasteiger partial charge in [-0.1, -0.05) is 60.7 Å². The Morgan fingerprint density at radius 3 is 1.57 bits per heavy atom. The van der Waals surface area contributed by atoms with Gasteiger partial charge in [-0.2, -0.15) is 26.3 Å². The standard InChI is InChI=1S/C32H22F6N2OS/c1-41-26-14-10-20(11-15-26)28-7-3-5-21-4-2-6-27(29(21)28)19-8-12-24(13-9-19)39-30(42)40-25-17-22(31(33,34)35)16-23(18-25)32(36,37)38/h2-18H,1H3,(H2,39,40,42). The molecule has 42 heavy (non-hydrogen) atoms. The number of hydrogen-bond donors (Lipinski definition) is 2. The molecule has 0 aromatic heterocycles. The number of ether oxygens (including phenoxy) is 1. The van der Waals surface area contributed by atoms with Gasteiger partial charge in [-0.15, -0.1) is 0 Å². The molecule has 0 bridgehead atoms. The number of hydrogen-bond acceptors (Lipinski definition) is 2. The van der Waals surface area contributed by atoms with Gasteiger partial charge >= 0.3 is 12.4 Å². The van der Waals surface area contributed by atoms with Crippen molar-refractivity contribution in [3.8, 4) is 28.0 Å². The lowest BCUT2D eigenvalue weighted by Crippen LogP contribution is -2.20. The first-order valence-corrected chi connectivity index (χ1v) is 13.0. The van der Waals surface area contributed by atoms with Gasteiger partial charge in [-0.05, 0) is 87.7 Å². The van der Waals surface area contributed by atoms with Gasteiger partial charge < -0.3 is 15.4 Å². The quantitative estimate of drug-likeness (QED) is 0.156. The Labute approximate surface area is 242 Å². The summed E-state index contributed by atoms with van der Waals surface area (Å²) in [6.07, 6.45) is -9.92. The van der Waals surface area contributed by atoms with Gasteiger partial charge in [0.15, 0.2) is 5.11 Å². The highest BCUT2D eigenvalue weighted by molar-refractivity contribution is 7.80. The maximum atomic E-state index is 13.2. The van der Waals surface area contributed by atoms with Crippen molar-refractivity contribution in [2.45, 2.75) is 12.4 Å². The highest BCUT2D eigenvalue weighted by Crippen LogP contribution is 2.39. The van der Waals surface area contributed by atoms with Crippen LogP contribution in [-0.4, -0.2) is 12.2 Å². The Morgan fingerprint density at radius 2 is 1.10 bits per heavy atom. The van der Waals surface area contributed by atoms with Gasteiger partial charge in [0.2, 0.25) is 0 Å². The van der Waals surface area contributed by atoms with E-state index in [0.717, 1.165) is 38.8 Å². The fourth-order valence-electron chi connectivity index (χ4n) is 4.65. The predicted octanol–water partition coefficient (Wildman–Crippen LogP) is 10.0. The molecule has 5 rings (SSSR count). The second kappa shape index (κ2) is 11.4. The highest BCUT2D eigenvalue weighted by Gasteiger charge is 2.37. The number of rotatable bonds is 5. The summed E-state index contributed by atoms with van der Waals surface area (Å²) in [5.74, 6) is 0.753. The third kappa shape index (κ3) is 6.33. The first-order chi connectivity index (χ1) is 19.9. The molecule has 0 radical (unpaired) electrons. The molecule has 0 spiro atoms. The van der Waals surface area contributed by atoms with Crippen molar-refractivity contribution in [2.24, 2.45) is 0 Å². The largest absolute Gasteiger partial charge is 0.497 e. The van der Waals surface area contributed by atoms with Crippen LogP contribution in [0.4, 0.5) is 37.7 Å². The van der Waals surface area contributed by atoms with Crippen LogP contribution in [0.2, 0.25) is 0 Å². The highest BCUT2D eigenvalue weighted by atomic mass is 32.1. The maximum Gasteiger partial charge on any atom is 0.416 e. The fourth-order valence-corrected chi connectivity index (χ4v) is 4.88. The molecule has 0 aliphatic carbocycles. The summed E-state index contributed by atoms with van der Waals surface area (Å²) < 4.78 is 84.5. The van der Waals surface area contributed by atoms with Crippen LogP contribution in [0, 0.1) is 0 Å². The molecule has 10 heteroatoms. The summed E-state index contributed by atoms with van der Waals surface area (Å²) in [5, 5.41) is 7.18. The van der Waals surface area contributed by atoms with Crippen molar-refractivity contribution in [3.63, 3.8) is 0 Å². The summed E-state index contributed by atoms with van der Waals surface area (Å²) in [5.41, 5.74) is 1.13. The molecule has 0 fully saturated rings. The van der Waals surface area contributed by atoms with Gasteiger partial charge in [0, 0.05) is 11.4 Å². The number of nitrogens with one attached hydrogen (secondary N) is 2. The van der Waals surface area contributed by atoms with Crippen molar-refractivity contribution < 1.29 is 31.1 Å². The van der Waals surface area contributed by atoms with Gasteiger partial charge in [0.25, 0.3) is 0 Å². The number of fused-ring (bicyclic) bond motifs is 1. The van der Waals surface area contributed by atoms with Crippen LogP contribution in [0.3, 0.4) is 0 Å². The van der Waals surface area contributed by atoms with Gasteiger partial charge in [0.05, 0.1) is 18.2 Å². The van der Waals surface area contributed by atoms with E-state index in [1.54, 1.807) is 19.2 Å². The summed E-state index contributed by atoms with van der Waals surface area (Å²) in [6.45, 7) is 0. The SMILES string of the molecule is COc1ccc(-c2cccc3cccc(-c4ccc(NC(=S)Nc5cc(C(F)(F)F)cc(C(F)(F)F)c5)cc4)c23)cc1. The van der Waals surface area contributed by atoms with E-state index in [-0.39, 0.29) is 11.2 Å². The minimum absolute atomic E-state index is 0.0632. The summed E-state index contributed by atoms with van der Waals surface area (Å²) in [4.78, 5) is 0. The van der Waals surface area contributed by atoms with E-state index in [1.807, 2.05) is 72.8 Å². The Kier molecular flexibility index (Phi) is 7.83. The van der Waals surface area contributed by atoms with Gasteiger partial charge in [-0.3, -0.25) is 0 Å². The molecule has 0 saturated heterocycles. The van der Waals surface area contributed by atoms with Crippen LogP contribution >= 0.6 is 12.2 Å². The molecule has 0 atom stereocenters. The number of thiocarbonyl (C=S) groups is 1. The zero-order valence-corrected chi connectivity index (χ0v) is 22.7. The first kappa shape index (κ1) is 28.9. The second-order valence-electron chi connectivity index (χ2n) is 9.39. The minimum atomic E-state index is -4.96. The van der Waals surface area contributed by atoms with Crippen LogP contribution in [0.25, 0.3) is 33.0 Å². The Balaban J connectivity index is 1.40. The van der Waals surface area contributed by atoms with Crippen LogP contribution < -0.4 is 15.4 Å². The summed E-state index contributed by atoms with van der Waals surface area (Å²) in [7, 11) is 1.61. The maximum absolute atomic E-state index is 13.2. The van der Waals surface area contributed by atoms with E-state index in [2.05, 4.69) is 10.6 Å². The van der Waals surface area contributed by atoms with E-state index < -0.39 is 29.2 Å². The van der Waals surface area contributed by atoms with E-state index >= 15 is 0 Å². The van der Waals surface area contributed by atoms with Crippen LogP contribution in [0.15, 0.2) is 103 Å². The molecule has 0 unspecified atom stereocenters. The van der Waals surface area contributed by atoms with Crippen LogP contribution in [-0.2, 0) is 12.4 Å². The average molecular weight is 597 g/mol. The average Bonchev–Trinajstić information content (AvgIpc) is 2.96. The van der Waals surface area contributed by atoms with Crippen molar-refractivity contribution in [1.29, 1.82) is 0 Å². The lowest BCUT2D eigenvalue weighted by Gasteiger charge is -2.16. The first-order valence-electron chi connectivity index (χ1n) is 12.6. The molecule has 5 aromatic rings. The lowest BCUT2D eigenvalue weighted by molar-refractivity contribution is -0.143. The zero-order valence-electron chi connectivity index (χ0n) is 21.9. The number of alkyl halides is 6. The summed E-state index contributed by atoms with van der Waals surface area (Å²) in [6, 6.07) is 28.3. The van der Waals surface area contributed by atoms with Crippen LogP contribution in [0.5, 0.6) is 5.75 Å². The monoisotopic (exact) mass is 596 g/mol. The predicted molar refractivity (Wildman–Crippen MR) is 158 cm³/mol. The van der Waals surface area contributed by atoms with E-state index in [0.29, 0.717) is 17.8 Å². The Hall–Kier alpha value is -4.57. The molecule has 214 valence electrons. The minimum Gasteiger partial charge on any atom is -0.497 e. The fraction of sp³-hybridized carbons (Fsp3) is 0.0938. The van der Waals surface area contributed by atoms with E-state index in [1.165, 1.54) is 0 Å². The molecule has 0 saturated carbocycles. The van der Waals surface area contributed by atoms with Crippen molar-refractivity contribution in [1.82, 2.24) is 0 Å². The van der Waals surface area contributed by atoms with E-state index in [9.17, 15) is 26.3 Å². The summed E-state index contributed by atoms with van der Waals surface area (Å²) >= 11 is 5.18. The smallest absolute Gasteiger partial charge is 0.416 e. The number of anilines is 2. The molecule has 3 nitrogen and oxygen atoms in total. The molecule has 5 aromatic carbocycles. The normalized spacial score (nSPS) is 11.8. The van der Waals surface area contributed by atoms with Crippen LogP contribution in [0.1, 0.15) is 11.1 Å². The topological polar surface area (TPSA) is 33.3 Å². The number of benzene rings is 5. The van der Waals surface area contributed by atoms with Crippen molar-refractivity contribution >= 4 is 39.5 Å². The molecule has 0 amide bonds. The number of methoxy groups -OCH3 is 1. The lowest BCUT2D eigenvalue weighted by atomic mass is 9.91. The zero-order chi connectivity index (χ0) is 30.1. The third-order valence-electron chi connectivity index (χ3n) is 6.61. The van der Waals surface area contributed by atoms with Gasteiger partial charge in [0.1, 0.15) is 5.75 Å². The Bertz CT molecular complexity index is 1710.